The summed E-state index contributed by atoms with van der Waals surface area (Å²) in [5.74, 6) is -2.98. The molecule has 32 heavy (non-hydrogen) atoms. The molecule has 2 aromatic rings. The van der Waals surface area contributed by atoms with Gasteiger partial charge in [0.05, 0.1) is 18.4 Å². The zero-order valence-corrected chi connectivity index (χ0v) is 16.8. The van der Waals surface area contributed by atoms with Gasteiger partial charge in [-0.3, -0.25) is 4.79 Å². The first-order chi connectivity index (χ1) is 14.9. The molecule has 0 bridgehead atoms. The number of aliphatic carboxylic acids is 1. The molecule has 2 N–H and O–H groups in total. The summed E-state index contributed by atoms with van der Waals surface area (Å²) in [5, 5.41) is 16.7. The third-order valence-electron chi connectivity index (χ3n) is 5.63. The average Bonchev–Trinajstić information content (AvgIpc) is 2.70. The van der Waals surface area contributed by atoms with Crippen molar-refractivity contribution in [3.05, 3.63) is 41.5 Å². The van der Waals surface area contributed by atoms with Gasteiger partial charge in [0.2, 0.25) is 0 Å². The molecule has 0 aromatic heterocycles. The quantitative estimate of drug-likeness (QED) is 0.377. The molecule has 0 spiro atoms. The van der Waals surface area contributed by atoms with Crippen molar-refractivity contribution in [1.82, 2.24) is 0 Å². The van der Waals surface area contributed by atoms with E-state index < -0.39 is 41.7 Å². The molecule has 0 saturated heterocycles. The topological polar surface area (TPSA) is 70.4 Å². The summed E-state index contributed by atoms with van der Waals surface area (Å²) in [4.78, 5) is 10.7. The molecule has 0 amide bonds. The molecule has 2 aromatic carbocycles. The Hall–Kier alpha value is -2.78. The first-order valence-electron chi connectivity index (χ1n) is 10.0. The minimum Gasteiger partial charge on any atom is -0.490 e. The minimum absolute atomic E-state index is 0.00962. The number of ether oxygens (including phenoxy) is 1. The van der Waals surface area contributed by atoms with E-state index in [1.807, 2.05) is 0 Å². The van der Waals surface area contributed by atoms with E-state index in [2.05, 4.69) is 0 Å². The fourth-order valence-corrected chi connectivity index (χ4v) is 3.95. The van der Waals surface area contributed by atoms with E-state index >= 15 is 0 Å². The second kappa shape index (κ2) is 8.99. The van der Waals surface area contributed by atoms with Crippen LogP contribution in [-0.4, -0.2) is 29.1 Å². The van der Waals surface area contributed by atoms with Crippen LogP contribution >= 0.6 is 0 Å². The number of carbonyl (C=O) groups is 1. The molecular formula is C22H21F6NO3. The Bertz CT molecular complexity index is 1010. The van der Waals surface area contributed by atoms with Crippen LogP contribution in [0.2, 0.25) is 0 Å². The van der Waals surface area contributed by atoms with Gasteiger partial charge >= 0.3 is 18.3 Å². The molecule has 0 unspecified atom stereocenters. The molecule has 1 fully saturated rings. The van der Waals surface area contributed by atoms with Gasteiger partial charge in [-0.2, -0.15) is 26.3 Å². The van der Waals surface area contributed by atoms with E-state index in [0.717, 1.165) is 6.07 Å². The molecule has 174 valence electrons. The van der Waals surface area contributed by atoms with Crippen molar-refractivity contribution < 1.29 is 41.0 Å². The Morgan fingerprint density at radius 2 is 1.66 bits per heavy atom. The summed E-state index contributed by atoms with van der Waals surface area (Å²) in [6.45, 7) is 0. The normalized spacial score (nSPS) is 19.7. The van der Waals surface area contributed by atoms with Crippen molar-refractivity contribution in [2.24, 2.45) is 5.92 Å². The van der Waals surface area contributed by atoms with Crippen LogP contribution in [0.5, 0.6) is 5.75 Å². The van der Waals surface area contributed by atoms with Gasteiger partial charge in [-0.05, 0) is 60.6 Å². The Labute approximate surface area is 179 Å². The molecule has 10 heteroatoms. The van der Waals surface area contributed by atoms with Crippen LogP contribution in [0.4, 0.5) is 26.3 Å². The maximum atomic E-state index is 13.9. The van der Waals surface area contributed by atoms with Gasteiger partial charge < -0.3 is 15.3 Å². The van der Waals surface area contributed by atoms with Crippen molar-refractivity contribution in [3.63, 3.8) is 0 Å². The highest BCUT2D eigenvalue weighted by Gasteiger charge is 2.42. The number of fused-ring (bicyclic) bond motifs is 1. The predicted octanol–water partition coefficient (Wildman–Crippen LogP) is 6.59. The highest BCUT2D eigenvalue weighted by molar-refractivity contribution is 6.03. The van der Waals surface area contributed by atoms with Crippen LogP contribution in [-0.2, 0) is 11.0 Å². The third kappa shape index (κ3) is 5.52. The number of hydrogen-bond acceptors (Lipinski definition) is 3. The first kappa shape index (κ1) is 23.9. The lowest BCUT2D eigenvalue weighted by molar-refractivity contribution is -0.185. The van der Waals surface area contributed by atoms with Gasteiger partial charge in [-0.15, -0.1) is 0 Å². The number of alkyl halides is 6. The van der Waals surface area contributed by atoms with Crippen LogP contribution in [0.1, 0.15) is 49.7 Å². The van der Waals surface area contributed by atoms with E-state index in [1.54, 1.807) is 0 Å². The van der Waals surface area contributed by atoms with Crippen molar-refractivity contribution >= 4 is 22.5 Å². The molecular weight excluding hydrogens is 440 g/mol. The molecule has 3 rings (SSSR count). The van der Waals surface area contributed by atoms with Crippen molar-refractivity contribution in [2.45, 2.75) is 57.0 Å². The summed E-state index contributed by atoms with van der Waals surface area (Å²) in [6, 6.07) is 6.45. The second-order valence-electron chi connectivity index (χ2n) is 7.88. The van der Waals surface area contributed by atoms with Crippen molar-refractivity contribution in [3.8, 4) is 5.75 Å². The second-order valence-corrected chi connectivity index (χ2v) is 7.88. The maximum absolute atomic E-state index is 13.9. The van der Waals surface area contributed by atoms with Crippen LogP contribution in [0, 0.1) is 11.3 Å². The molecule has 1 saturated carbocycles. The zero-order chi connectivity index (χ0) is 23.7. The smallest absolute Gasteiger partial charge is 0.420 e. The monoisotopic (exact) mass is 461 g/mol. The van der Waals surface area contributed by atoms with E-state index in [4.69, 9.17) is 15.3 Å². The summed E-state index contributed by atoms with van der Waals surface area (Å²) in [7, 11) is 0. The third-order valence-corrected chi connectivity index (χ3v) is 5.63. The highest BCUT2D eigenvalue weighted by atomic mass is 19.4. The van der Waals surface area contributed by atoms with Crippen molar-refractivity contribution in [2.75, 3.05) is 0 Å². The van der Waals surface area contributed by atoms with Gasteiger partial charge in [0.15, 0.2) is 0 Å². The lowest BCUT2D eigenvalue weighted by atomic mass is 9.87. The van der Waals surface area contributed by atoms with E-state index in [-0.39, 0.29) is 55.0 Å². The predicted molar refractivity (Wildman–Crippen MR) is 105 cm³/mol. The van der Waals surface area contributed by atoms with Gasteiger partial charge in [0.25, 0.3) is 0 Å². The number of halogens is 6. The number of rotatable bonds is 6. The number of hydrogen-bond donors (Lipinski definition) is 2. The molecule has 1 aliphatic carbocycles. The molecule has 0 atom stereocenters. The lowest BCUT2D eigenvalue weighted by Crippen LogP contribution is -2.32. The summed E-state index contributed by atoms with van der Waals surface area (Å²) in [5.41, 5.74) is -0.716. The first-order valence-corrected chi connectivity index (χ1v) is 10.0. The van der Waals surface area contributed by atoms with E-state index in [0.29, 0.717) is 5.56 Å². The molecule has 0 radical (unpaired) electrons. The fraction of sp³-hybridized carbons (Fsp3) is 0.455. The summed E-state index contributed by atoms with van der Waals surface area (Å²) in [6.07, 6.45) is -10.5. The Morgan fingerprint density at radius 3 is 2.22 bits per heavy atom. The Kier molecular flexibility index (Phi) is 6.71. The van der Waals surface area contributed by atoms with Crippen LogP contribution in [0.15, 0.2) is 30.3 Å². The molecule has 0 heterocycles. The largest absolute Gasteiger partial charge is 0.490 e. The Morgan fingerprint density at radius 1 is 1.00 bits per heavy atom. The molecule has 4 nitrogen and oxygen atoms in total. The SMILES string of the molecule is N=C(CCC(=O)O)c1ccc2c(C(F)(F)F)c(O[C@H]3CC[C@@H](C(F)(F)F)CC3)ccc2c1. The lowest BCUT2D eigenvalue weighted by Gasteiger charge is -2.31. The molecule has 0 aliphatic heterocycles. The van der Waals surface area contributed by atoms with Gasteiger partial charge in [0, 0.05) is 5.71 Å². The minimum atomic E-state index is -4.77. The maximum Gasteiger partial charge on any atom is 0.420 e. The fourth-order valence-electron chi connectivity index (χ4n) is 3.95. The van der Waals surface area contributed by atoms with Crippen LogP contribution < -0.4 is 4.74 Å². The van der Waals surface area contributed by atoms with Gasteiger partial charge in [-0.25, -0.2) is 0 Å². The van der Waals surface area contributed by atoms with Gasteiger partial charge in [0.1, 0.15) is 11.3 Å². The van der Waals surface area contributed by atoms with Gasteiger partial charge in [-0.1, -0.05) is 18.2 Å². The molecule has 1 aliphatic rings. The number of nitrogens with one attached hydrogen (secondary N) is 1. The number of carboxylic acid groups (broad SMARTS) is 1. The van der Waals surface area contributed by atoms with Crippen LogP contribution in [0.3, 0.4) is 0 Å². The number of carboxylic acids is 1. The zero-order valence-electron chi connectivity index (χ0n) is 16.8. The van der Waals surface area contributed by atoms with Crippen LogP contribution in [0.25, 0.3) is 10.8 Å². The highest BCUT2D eigenvalue weighted by Crippen LogP contribution is 2.44. The van der Waals surface area contributed by atoms with E-state index in [9.17, 15) is 31.1 Å². The standard InChI is InChI=1S/C22H21F6NO3/c23-21(24,25)14-3-5-15(6-4-14)32-18-9-2-12-11-13(17(29)8-10-19(30)31)1-7-16(12)20(18)22(26,27)28/h1-2,7,9,11,14-15,29H,3-6,8,10H2,(H,30,31)/t14-,15+. The Balaban J connectivity index is 1.87. The summed E-state index contributed by atoms with van der Waals surface area (Å²) >= 11 is 0. The van der Waals surface area contributed by atoms with Crippen molar-refractivity contribution in [1.29, 1.82) is 5.41 Å². The average molecular weight is 461 g/mol. The summed E-state index contributed by atoms with van der Waals surface area (Å²) < 4.78 is 85.7. The van der Waals surface area contributed by atoms with E-state index in [1.165, 1.54) is 24.3 Å². The number of benzene rings is 2.